The molecular formula is C20H20ClN5O3. The third-order valence-electron chi connectivity index (χ3n) is 4.77. The fourth-order valence-electron chi connectivity index (χ4n) is 3.27. The van der Waals surface area contributed by atoms with Gasteiger partial charge in [-0.25, -0.2) is 4.68 Å². The average Bonchev–Trinajstić information content (AvgIpc) is 3.29. The van der Waals surface area contributed by atoms with Crippen molar-refractivity contribution < 1.29 is 14.3 Å². The van der Waals surface area contributed by atoms with Crippen molar-refractivity contribution in [2.24, 2.45) is 0 Å². The van der Waals surface area contributed by atoms with Crippen LogP contribution in [0.15, 0.2) is 48.8 Å². The van der Waals surface area contributed by atoms with E-state index in [4.69, 9.17) is 21.1 Å². The molecule has 1 amide bonds. The molecule has 1 aliphatic heterocycles. The first-order chi connectivity index (χ1) is 14.1. The van der Waals surface area contributed by atoms with Crippen LogP contribution in [0.1, 0.15) is 23.2 Å². The molecule has 4 rings (SSSR count). The monoisotopic (exact) mass is 413 g/mol. The smallest absolute Gasteiger partial charge is 0.257 e. The Hall–Kier alpha value is -3.13. The molecule has 0 N–H and O–H groups in total. The van der Waals surface area contributed by atoms with Gasteiger partial charge in [0, 0.05) is 49.4 Å². The van der Waals surface area contributed by atoms with E-state index in [1.165, 1.54) is 0 Å². The van der Waals surface area contributed by atoms with Crippen molar-refractivity contribution >= 4 is 17.5 Å². The number of piperidine rings is 1. The molecule has 0 radical (unpaired) electrons. The van der Waals surface area contributed by atoms with E-state index in [1.54, 1.807) is 59.4 Å². The third-order valence-corrected chi connectivity index (χ3v) is 5.01. The second-order valence-electron chi connectivity index (χ2n) is 6.63. The molecule has 0 atom stereocenters. The zero-order valence-corrected chi connectivity index (χ0v) is 16.6. The zero-order valence-electron chi connectivity index (χ0n) is 15.9. The molecule has 1 aromatic carbocycles. The molecule has 9 heteroatoms. The van der Waals surface area contributed by atoms with Gasteiger partial charge in [0.15, 0.2) is 5.82 Å². The first-order valence-electron chi connectivity index (χ1n) is 9.27. The number of likely N-dealkylation sites (tertiary alicyclic amines) is 1. The Balaban J connectivity index is 1.35. The second-order valence-corrected chi connectivity index (χ2v) is 7.07. The van der Waals surface area contributed by atoms with E-state index < -0.39 is 0 Å². The number of benzene rings is 1. The van der Waals surface area contributed by atoms with Gasteiger partial charge in [0.1, 0.15) is 11.9 Å². The normalized spacial score (nSPS) is 14.6. The minimum absolute atomic E-state index is 0.0230. The third kappa shape index (κ3) is 4.32. The molecule has 0 unspecified atom stereocenters. The van der Waals surface area contributed by atoms with E-state index in [-0.39, 0.29) is 12.0 Å². The number of ether oxygens (including phenoxy) is 2. The van der Waals surface area contributed by atoms with Gasteiger partial charge in [0.25, 0.3) is 5.91 Å². The number of rotatable bonds is 5. The highest BCUT2D eigenvalue weighted by atomic mass is 35.5. The van der Waals surface area contributed by atoms with E-state index in [0.29, 0.717) is 54.0 Å². The van der Waals surface area contributed by atoms with E-state index in [9.17, 15) is 4.79 Å². The van der Waals surface area contributed by atoms with Gasteiger partial charge in [-0.2, -0.15) is 5.10 Å². The van der Waals surface area contributed by atoms with Gasteiger partial charge in [0.2, 0.25) is 5.88 Å². The Bertz CT molecular complexity index is 970. The minimum Gasteiger partial charge on any atom is -0.496 e. The van der Waals surface area contributed by atoms with Crippen LogP contribution in [0, 0.1) is 0 Å². The van der Waals surface area contributed by atoms with Crippen molar-refractivity contribution in [2.45, 2.75) is 18.9 Å². The number of hydrogen-bond acceptors (Lipinski definition) is 6. The molecule has 150 valence electrons. The predicted octanol–water partition coefficient (Wildman–Crippen LogP) is 3.01. The number of halogens is 1. The standard InChI is InChI=1S/C20H20ClN5O3/c1-28-17-4-3-14(21)13-16(17)20(27)25-11-7-15(8-12-25)29-19-6-5-18(23-24-19)26-10-2-9-22-26/h2-6,9-10,13,15H,7-8,11-12H2,1H3. The van der Waals surface area contributed by atoms with E-state index >= 15 is 0 Å². The molecular weight excluding hydrogens is 394 g/mol. The molecule has 1 fully saturated rings. The van der Waals surface area contributed by atoms with E-state index in [2.05, 4.69) is 15.3 Å². The summed E-state index contributed by atoms with van der Waals surface area (Å²) in [6.07, 6.45) is 4.87. The summed E-state index contributed by atoms with van der Waals surface area (Å²) in [5, 5.41) is 12.9. The lowest BCUT2D eigenvalue weighted by molar-refractivity contribution is 0.0583. The summed E-state index contributed by atoms with van der Waals surface area (Å²) in [6.45, 7) is 1.16. The highest BCUT2D eigenvalue weighted by Crippen LogP contribution is 2.26. The number of methoxy groups -OCH3 is 1. The van der Waals surface area contributed by atoms with Crippen LogP contribution in [0.3, 0.4) is 0 Å². The second kappa shape index (κ2) is 8.48. The summed E-state index contributed by atoms with van der Waals surface area (Å²) in [5.41, 5.74) is 0.472. The van der Waals surface area contributed by atoms with Gasteiger partial charge < -0.3 is 14.4 Å². The summed E-state index contributed by atoms with van der Waals surface area (Å²) in [4.78, 5) is 14.7. The minimum atomic E-state index is -0.0915. The van der Waals surface area contributed by atoms with Crippen LogP contribution >= 0.6 is 11.6 Å². The van der Waals surface area contributed by atoms with Crippen molar-refractivity contribution in [1.29, 1.82) is 0 Å². The van der Waals surface area contributed by atoms with Gasteiger partial charge in [-0.1, -0.05) is 11.6 Å². The van der Waals surface area contributed by atoms with Crippen LogP contribution in [0.5, 0.6) is 11.6 Å². The molecule has 0 spiro atoms. The van der Waals surface area contributed by atoms with Gasteiger partial charge in [0.05, 0.1) is 12.7 Å². The number of aromatic nitrogens is 4. The van der Waals surface area contributed by atoms with E-state index in [1.807, 2.05) is 6.07 Å². The maximum atomic E-state index is 12.9. The molecule has 3 heterocycles. The first-order valence-corrected chi connectivity index (χ1v) is 9.65. The summed E-state index contributed by atoms with van der Waals surface area (Å²) in [6, 6.07) is 10.5. The maximum absolute atomic E-state index is 12.9. The fraction of sp³-hybridized carbons (Fsp3) is 0.300. The maximum Gasteiger partial charge on any atom is 0.257 e. The Morgan fingerprint density at radius 3 is 2.66 bits per heavy atom. The Kier molecular flexibility index (Phi) is 5.62. The van der Waals surface area contributed by atoms with Gasteiger partial charge in [-0.05, 0) is 30.3 Å². The lowest BCUT2D eigenvalue weighted by Gasteiger charge is -2.32. The molecule has 1 aliphatic rings. The topological polar surface area (TPSA) is 82.4 Å². The highest BCUT2D eigenvalue weighted by molar-refractivity contribution is 6.31. The van der Waals surface area contributed by atoms with Crippen LogP contribution in [0.2, 0.25) is 5.02 Å². The molecule has 2 aromatic heterocycles. The van der Waals surface area contributed by atoms with Crippen LogP contribution in [0.4, 0.5) is 0 Å². The molecule has 29 heavy (non-hydrogen) atoms. The number of amides is 1. The first kappa shape index (κ1) is 19.2. The molecule has 0 bridgehead atoms. The average molecular weight is 414 g/mol. The van der Waals surface area contributed by atoms with Crippen LogP contribution in [0.25, 0.3) is 5.82 Å². The number of carbonyl (C=O) groups is 1. The number of carbonyl (C=O) groups excluding carboxylic acids is 1. The Morgan fingerprint density at radius 1 is 1.17 bits per heavy atom. The van der Waals surface area contributed by atoms with Crippen molar-refractivity contribution in [3.8, 4) is 17.4 Å². The Morgan fingerprint density at radius 2 is 2.00 bits per heavy atom. The summed E-state index contributed by atoms with van der Waals surface area (Å²) >= 11 is 6.05. The fourth-order valence-corrected chi connectivity index (χ4v) is 3.44. The summed E-state index contributed by atoms with van der Waals surface area (Å²) in [5.74, 6) is 1.51. The van der Waals surface area contributed by atoms with Gasteiger partial charge in [-0.3, -0.25) is 4.79 Å². The lowest BCUT2D eigenvalue weighted by atomic mass is 10.1. The van der Waals surface area contributed by atoms with Crippen molar-refractivity contribution in [3.05, 3.63) is 59.4 Å². The predicted molar refractivity (Wildman–Crippen MR) is 107 cm³/mol. The molecule has 8 nitrogen and oxygen atoms in total. The highest BCUT2D eigenvalue weighted by Gasteiger charge is 2.27. The van der Waals surface area contributed by atoms with Gasteiger partial charge >= 0.3 is 0 Å². The number of nitrogens with zero attached hydrogens (tertiary/aromatic N) is 5. The van der Waals surface area contributed by atoms with Crippen molar-refractivity contribution in [2.75, 3.05) is 20.2 Å². The van der Waals surface area contributed by atoms with Crippen molar-refractivity contribution in [1.82, 2.24) is 24.9 Å². The van der Waals surface area contributed by atoms with Crippen LogP contribution < -0.4 is 9.47 Å². The quantitative estimate of drug-likeness (QED) is 0.639. The van der Waals surface area contributed by atoms with Crippen LogP contribution in [-0.2, 0) is 0 Å². The summed E-state index contributed by atoms with van der Waals surface area (Å²) < 4.78 is 12.9. The largest absolute Gasteiger partial charge is 0.496 e. The zero-order chi connectivity index (χ0) is 20.2. The van der Waals surface area contributed by atoms with E-state index in [0.717, 1.165) is 0 Å². The molecule has 0 aliphatic carbocycles. The molecule has 0 saturated carbocycles. The SMILES string of the molecule is COc1ccc(Cl)cc1C(=O)N1CCC(Oc2ccc(-n3cccn3)nn2)CC1. The number of hydrogen-bond donors (Lipinski definition) is 0. The van der Waals surface area contributed by atoms with Crippen molar-refractivity contribution in [3.63, 3.8) is 0 Å². The van der Waals surface area contributed by atoms with Crippen LogP contribution in [-0.4, -0.2) is 57.1 Å². The van der Waals surface area contributed by atoms with Gasteiger partial charge in [-0.15, -0.1) is 10.2 Å². The molecule has 3 aromatic rings. The lowest BCUT2D eigenvalue weighted by Crippen LogP contribution is -2.42. The summed E-state index contributed by atoms with van der Waals surface area (Å²) in [7, 11) is 1.54. The molecule has 1 saturated heterocycles. The Labute approximate surface area is 173 Å².